The van der Waals surface area contributed by atoms with Gasteiger partial charge in [0.25, 0.3) is 5.91 Å². The van der Waals surface area contributed by atoms with Crippen molar-refractivity contribution in [2.45, 2.75) is 38.1 Å². The van der Waals surface area contributed by atoms with Crippen LogP contribution in [0.5, 0.6) is 0 Å². The highest BCUT2D eigenvalue weighted by molar-refractivity contribution is 5.89. The summed E-state index contributed by atoms with van der Waals surface area (Å²) >= 11 is 0. The Morgan fingerprint density at radius 3 is 2.55 bits per heavy atom. The number of ether oxygens (including phenoxy) is 1. The molecule has 5 heteroatoms. The number of halogens is 1. The molecule has 22 heavy (non-hydrogen) atoms. The number of rotatable bonds is 5. The maximum Gasteiger partial charge on any atom is 0.331 e. The van der Waals surface area contributed by atoms with Crippen molar-refractivity contribution in [1.82, 2.24) is 5.32 Å². The molecule has 1 fully saturated rings. The van der Waals surface area contributed by atoms with Crippen molar-refractivity contribution in [1.29, 1.82) is 0 Å². The molecular weight excluding hydrogens is 285 g/mol. The first-order valence-electron chi connectivity index (χ1n) is 7.53. The number of benzene rings is 1. The van der Waals surface area contributed by atoms with Gasteiger partial charge in [0, 0.05) is 12.1 Å². The predicted molar refractivity (Wildman–Crippen MR) is 81.4 cm³/mol. The van der Waals surface area contributed by atoms with Crippen LogP contribution >= 0.6 is 0 Å². The average Bonchev–Trinajstić information content (AvgIpc) is 2.53. The smallest absolute Gasteiger partial charge is 0.331 e. The van der Waals surface area contributed by atoms with Gasteiger partial charge in [-0.15, -0.1) is 0 Å². The third-order valence-electron chi connectivity index (χ3n) is 3.60. The minimum atomic E-state index is -0.594. The zero-order valence-electron chi connectivity index (χ0n) is 12.4. The summed E-state index contributed by atoms with van der Waals surface area (Å²) in [5.74, 6) is -1.20. The first-order chi connectivity index (χ1) is 10.6. The molecule has 0 aliphatic heterocycles. The molecule has 1 saturated carbocycles. The molecule has 1 N–H and O–H groups in total. The van der Waals surface area contributed by atoms with E-state index in [9.17, 15) is 14.0 Å². The molecule has 0 aromatic heterocycles. The van der Waals surface area contributed by atoms with E-state index in [4.69, 9.17) is 4.74 Å². The average molecular weight is 305 g/mol. The molecule has 0 bridgehead atoms. The zero-order chi connectivity index (χ0) is 15.8. The number of hydrogen-bond acceptors (Lipinski definition) is 3. The number of hydrogen-bond donors (Lipinski definition) is 1. The third-order valence-corrected chi connectivity index (χ3v) is 3.60. The summed E-state index contributed by atoms with van der Waals surface area (Å²) in [6.45, 7) is -0.275. The summed E-state index contributed by atoms with van der Waals surface area (Å²) in [4.78, 5) is 23.2. The fourth-order valence-corrected chi connectivity index (χ4v) is 2.44. The second-order valence-electron chi connectivity index (χ2n) is 5.40. The van der Waals surface area contributed by atoms with E-state index >= 15 is 0 Å². The lowest BCUT2D eigenvalue weighted by Crippen LogP contribution is -2.38. The normalized spacial score (nSPS) is 15.7. The Bertz CT molecular complexity index is 533. The molecule has 1 aliphatic rings. The summed E-state index contributed by atoms with van der Waals surface area (Å²) in [5, 5.41) is 2.87. The Morgan fingerprint density at radius 1 is 1.18 bits per heavy atom. The van der Waals surface area contributed by atoms with Crippen LogP contribution in [0.3, 0.4) is 0 Å². The highest BCUT2D eigenvalue weighted by atomic mass is 19.1. The van der Waals surface area contributed by atoms with E-state index in [1.807, 2.05) is 0 Å². The molecule has 0 saturated heterocycles. The van der Waals surface area contributed by atoms with Gasteiger partial charge >= 0.3 is 5.97 Å². The van der Waals surface area contributed by atoms with Crippen LogP contribution in [0.2, 0.25) is 0 Å². The van der Waals surface area contributed by atoms with E-state index in [0.717, 1.165) is 25.7 Å². The number of carbonyl (C=O) groups excluding carboxylic acids is 2. The predicted octanol–water partition coefficient (Wildman–Crippen LogP) is 2.83. The topological polar surface area (TPSA) is 55.4 Å². The second-order valence-corrected chi connectivity index (χ2v) is 5.40. The zero-order valence-corrected chi connectivity index (χ0v) is 12.4. The first-order valence-corrected chi connectivity index (χ1v) is 7.53. The Morgan fingerprint density at radius 2 is 1.86 bits per heavy atom. The van der Waals surface area contributed by atoms with Crippen LogP contribution in [-0.2, 0) is 14.3 Å². The van der Waals surface area contributed by atoms with Gasteiger partial charge in [-0.25, -0.2) is 9.18 Å². The largest absolute Gasteiger partial charge is 0.452 e. The third kappa shape index (κ3) is 5.68. The van der Waals surface area contributed by atoms with Gasteiger partial charge in [-0.2, -0.15) is 0 Å². The van der Waals surface area contributed by atoms with Crippen molar-refractivity contribution < 1.29 is 18.7 Å². The van der Waals surface area contributed by atoms with Crippen LogP contribution in [-0.4, -0.2) is 24.5 Å². The van der Waals surface area contributed by atoms with Crippen molar-refractivity contribution in [3.05, 3.63) is 41.7 Å². The number of amides is 1. The quantitative estimate of drug-likeness (QED) is 0.672. The highest BCUT2D eigenvalue weighted by Crippen LogP contribution is 2.17. The fourth-order valence-electron chi connectivity index (χ4n) is 2.44. The van der Waals surface area contributed by atoms with Gasteiger partial charge in [-0.3, -0.25) is 4.79 Å². The SMILES string of the molecule is O=C(COC(=O)C=Cc1ccc(F)cc1)NC1CCCCC1. The Kier molecular flexibility index (Phi) is 6.13. The van der Waals surface area contributed by atoms with Crippen LogP contribution in [0.1, 0.15) is 37.7 Å². The molecule has 1 aliphatic carbocycles. The van der Waals surface area contributed by atoms with Gasteiger partial charge in [0.2, 0.25) is 0 Å². The summed E-state index contributed by atoms with van der Waals surface area (Å²) in [6.07, 6.45) is 8.20. The number of esters is 1. The van der Waals surface area contributed by atoms with Gasteiger partial charge in [0.1, 0.15) is 5.82 Å². The van der Waals surface area contributed by atoms with Gasteiger partial charge in [0.05, 0.1) is 0 Å². The lowest BCUT2D eigenvalue weighted by molar-refractivity contribution is -0.144. The van der Waals surface area contributed by atoms with E-state index in [1.165, 1.54) is 30.7 Å². The fraction of sp³-hybridized carbons (Fsp3) is 0.412. The molecule has 0 spiro atoms. The van der Waals surface area contributed by atoms with Gasteiger partial charge in [-0.05, 0) is 36.6 Å². The lowest BCUT2D eigenvalue weighted by Gasteiger charge is -2.22. The molecule has 1 aromatic carbocycles. The molecule has 0 heterocycles. The summed E-state index contributed by atoms with van der Waals surface area (Å²) < 4.78 is 17.6. The van der Waals surface area contributed by atoms with Crippen molar-refractivity contribution in [2.24, 2.45) is 0 Å². The second kappa shape index (κ2) is 8.32. The molecular formula is C17H20FNO3. The van der Waals surface area contributed by atoms with Crippen molar-refractivity contribution >= 4 is 18.0 Å². The van der Waals surface area contributed by atoms with E-state index in [1.54, 1.807) is 12.1 Å². The monoisotopic (exact) mass is 305 g/mol. The van der Waals surface area contributed by atoms with Crippen molar-refractivity contribution in [3.8, 4) is 0 Å². The lowest BCUT2D eigenvalue weighted by atomic mass is 9.95. The molecule has 4 nitrogen and oxygen atoms in total. The highest BCUT2D eigenvalue weighted by Gasteiger charge is 2.16. The minimum absolute atomic E-state index is 0.203. The number of carbonyl (C=O) groups is 2. The van der Waals surface area contributed by atoms with Crippen LogP contribution in [0, 0.1) is 5.82 Å². The van der Waals surface area contributed by atoms with E-state index < -0.39 is 5.97 Å². The van der Waals surface area contributed by atoms with Crippen molar-refractivity contribution in [3.63, 3.8) is 0 Å². The van der Waals surface area contributed by atoms with Gasteiger partial charge in [0.15, 0.2) is 6.61 Å². The van der Waals surface area contributed by atoms with Gasteiger partial charge in [-0.1, -0.05) is 31.4 Å². The number of nitrogens with one attached hydrogen (secondary N) is 1. The molecule has 118 valence electrons. The molecule has 0 atom stereocenters. The standard InChI is InChI=1S/C17H20FNO3/c18-14-9-6-13(7-10-14)8-11-17(21)22-12-16(20)19-15-4-2-1-3-5-15/h6-11,15H,1-5,12H2,(H,19,20). The van der Waals surface area contributed by atoms with Gasteiger partial charge < -0.3 is 10.1 Å². The summed E-state index contributed by atoms with van der Waals surface area (Å²) in [6, 6.07) is 5.92. The maximum absolute atomic E-state index is 12.7. The van der Waals surface area contributed by atoms with Crippen molar-refractivity contribution in [2.75, 3.05) is 6.61 Å². The van der Waals surface area contributed by atoms with E-state index in [2.05, 4.69) is 5.32 Å². The van der Waals surface area contributed by atoms with Crippen LogP contribution in [0.15, 0.2) is 30.3 Å². The molecule has 1 aromatic rings. The molecule has 2 rings (SSSR count). The summed E-state index contributed by atoms with van der Waals surface area (Å²) in [5.41, 5.74) is 0.685. The summed E-state index contributed by atoms with van der Waals surface area (Å²) in [7, 11) is 0. The molecule has 1 amide bonds. The Balaban J connectivity index is 1.70. The van der Waals surface area contributed by atoms with Crippen LogP contribution in [0.4, 0.5) is 4.39 Å². The van der Waals surface area contributed by atoms with E-state index in [0.29, 0.717) is 5.56 Å². The first kappa shape index (κ1) is 16.2. The Hall–Kier alpha value is -2.17. The maximum atomic E-state index is 12.7. The minimum Gasteiger partial charge on any atom is -0.452 e. The van der Waals surface area contributed by atoms with Crippen LogP contribution in [0.25, 0.3) is 6.08 Å². The molecule has 0 radical (unpaired) electrons. The Labute approximate surface area is 129 Å². The molecule has 0 unspecified atom stereocenters. The van der Waals surface area contributed by atoms with Crippen LogP contribution < -0.4 is 5.32 Å². The van der Waals surface area contributed by atoms with E-state index in [-0.39, 0.29) is 24.4 Å².